The summed E-state index contributed by atoms with van der Waals surface area (Å²) in [4.78, 5) is 0. The number of alkyl halides is 6. The molecule has 132 valence electrons. The zero-order valence-electron chi connectivity index (χ0n) is 13.1. The molecule has 1 nitrogen and oxygen atoms in total. The van der Waals surface area contributed by atoms with Crippen molar-refractivity contribution in [3.05, 3.63) is 0 Å². The van der Waals surface area contributed by atoms with Crippen LogP contribution in [0.1, 0.15) is 65.2 Å². The summed E-state index contributed by atoms with van der Waals surface area (Å²) < 4.78 is 76.6. The predicted octanol–water partition coefficient (Wildman–Crippen LogP) is 5.60. The molecule has 0 aromatic rings. The lowest BCUT2D eigenvalue weighted by molar-refractivity contribution is -0.199. The molecule has 1 aliphatic rings. The van der Waals surface area contributed by atoms with Crippen LogP contribution in [0.25, 0.3) is 0 Å². The molecule has 22 heavy (non-hydrogen) atoms. The second-order valence-electron chi connectivity index (χ2n) is 6.89. The van der Waals surface area contributed by atoms with Crippen molar-refractivity contribution in [2.24, 2.45) is 5.41 Å². The molecule has 0 saturated heterocycles. The van der Waals surface area contributed by atoms with E-state index in [1.165, 1.54) is 0 Å². The average Bonchev–Trinajstić information content (AvgIpc) is 2.20. The fourth-order valence-corrected chi connectivity index (χ4v) is 3.62. The van der Waals surface area contributed by atoms with Crippen LogP contribution < -0.4 is 5.32 Å². The maximum absolute atomic E-state index is 12.8. The van der Waals surface area contributed by atoms with Crippen LogP contribution in [0.2, 0.25) is 0 Å². The van der Waals surface area contributed by atoms with E-state index in [0.29, 0.717) is 25.7 Å². The summed E-state index contributed by atoms with van der Waals surface area (Å²) in [7, 11) is 0. The van der Waals surface area contributed by atoms with Gasteiger partial charge in [0, 0.05) is 24.9 Å². The van der Waals surface area contributed by atoms with Gasteiger partial charge in [-0.3, -0.25) is 0 Å². The first kappa shape index (κ1) is 19.6. The summed E-state index contributed by atoms with van der Waals surface area (Å²) in [6.45, 7) is 3.97. The van der Waals surface area contributed by atoms with E-state index in [1.807, 2.05) is 13.8 Å². The largest absolute Gasteiger partial charge is 0.389 e. The van der Waals surface area contributed by atoms with Crippen LogP contribution in [0, 0.1) is 5.41 Å². The number of nitrogens with one attached hydrogen (secondary N) is 1. The maximum atomic E-state index is 12.8. The van der Waals surface area contributed by atoms with Crippen LogP contribution in [0.3, 0.4) is 0 Å². The molecule has 1 rings (SSSR count). The lowest BCUT2D eigenvalue weighted by Crippen LogP contribution is -2.39. The first-order chi connectivity index (χ1) is 9.91. The van der Waals surface area contributed by atoms with Gasteiger partial charge in [0.25, 0.3) is 0 Å². The lowest BCUT2D eigenvalue weighted by Gasteiger charge is -2.38. The van der Waals surface area contributed by atoms with Gasteiger partial charge in [0.2, 0.25) is 0 Å². The summed E-state index contributed by atoms with van der Waals surface area (Å²) in [6.07, 6.45) is -9.73. The van der Waals surface area contributed by atoms with Crippen LogP contribution in [0.5, 0.6) is 0 Å². The molecule has 0 amide bonds. The molecule has 0 aromatic heterocycles. The van der Waals surface area contributed by atoms with E-state index in [-0.39, 0.29) is 24.9 Å². The second kappa shape index (κ2) is 7.41. The van der Waals surface area contributed by atoms with Gasteiger partial charge < -0.3 is 5.32 Å². The number of hydrogen-bond donors (Lipinski definition) is 1. The first-order valence-corrected chi connectivity index (χ1v) is 7.80. The van der Waals surface area contributed by atoms with Crippen molar-refractivity contribution in [1.29, 1.82) is 0 Å². The highest BCUT2D eigenvalue weighted by atomic mass is 19.4. The Hall–Kier alpha value is -0.460. The van der Waals surface area contributed by atoms with Crippen molar-refractivity contribution < 1.29 is 26.3 Å². The summed E-state index contributed by atoms with van der Waals surface area (Å²) in [5.41, 5.74) is -1.68. The molecular weight excluding hydrogens is 308 g/mol. The minimum absolute atomic E-state index is 0.0116. The Balaban J connectivity index is 2.77. The SMILES string of the molecule is CC(C)NC1CCCC(CC(F)(F)F)(CC(F)(F)F)CCC1. The Labute approximate surface area is 127 Å². The normalized spacial score (nSPS) is 21.7. The maximum Gasteiger partial charge on any atom is 0.389 e. The second-order valence-corrected chi connectivity index (χ2v) is 6.89. The third kappa shape index (κ3) is 7.70. The summed E-state index contributed by atoms with van der Waals surface area (Å²) in [5, 5.41) is 3.33. The molecule has 0 atom stereocenters. The monoisotopic (exact) mass is 333 g/mol. The van der Waals surface area contributed by atoms with E-state index >= 15 is 0 Å². The van der Waals surface area contributed by atoms with E-state index in [9.17, 15) is 26.3 Å². The van der Waals surface area contributed by atoms with Crippen molar-refractivity contribution in [3.8, 4) is 0 Å². The van der Waals surface area contributed by atoms with Crippen LogP contribution in [-0.2, 0) is 0 Å². The minimum Gasteiger partial charge on any atom is -0.312 e. The Morgan fingerprint density at radius 1 is 0.909 bits per heavy atom. The summed E-state index contributed by atoms with van der Waals surface area (Å²) in [6, 6.07) is 0.453. The number of halogens is 6. The van der Waals surface area contributed by atoms with Crippen LogP contribution in [0.15, 0.2) is 0 Å². The van der Waals surface area contributed by atoms with Crippen LogP contribution >= 0.6 is 0 Å². The molecule has 1 aliphatic carbocycles. The molecule has 1 fully saturated rings. The van der Waals surface area contributed by atoms with Gasteiger partial charge in [0.15, 0.2) is 0 Å². The smallest absolute Gasteiger partial charge is 0.312 e. The van der Waals surface area contributed by atoms with Crippen molar-refractivity contribution in [2.75, 3.05) is 0 Å². The highest BCUT2D eigenvalue weighted by Gasteiger charge is 2.48. The van der Waals surface area contributed by atoms with E-state index < -0.39 is 30.6 Å². The van der Waals surface area contributed by atoms with Gasteiger partial charge in [-0.25, -0.2) is 0 Å². The quantitative estimate of drug-likeness (QED) is 0.661. The third-order valence-electron chi connectivity index (χ3n) is 4.24. The molecule has 0 heterocycles. The topological polar surface area (TPSA) is 12.0 Å². The minimum atomic E-state index is -4.56. The molecule has 0 radical (unpaired) electrons. The molecule has 1 saturated carbocycles. The van der Waals surface area contributed by atoms with Gasteiger partial charge in [-0.2, -0.15) is 26.3 Å². The Morgan fingerprint density at radius 2 is 1.32 bits per heavy atom. The van der Waals surface area contributed by atoms with E-state index in [1.54, 1.807) is 0 Å². The molecule has 0 aromatic carbocycles. The third-order valence-corrected chi connectivity index (χ3v) is 4.24. The van der Waals surface area contributed by atoms with Gasteiger partial charge >= 0.3 is 12.4 Å². The number of rotatable bonds is 4. The van der Waals surface area contributed by atoms with Crippen molar-refractivity contribution in [3.63, 3.8) is 0 Å². The van der Waals surface area contributed by atoms with Crippen LogP contribution in [-0.4, -0.2) is 24.4 Å². The van der Waals surface area contributed by atoms with E-state index in [2.05, 4.69) is 5.32 Å². The fourth-order valence-electron chi connectivity index (χ4n) is 3.62. The van der Waals surface area contributed by atoms with Gasteiger partial charge in [0.1, 0.15) is 0 Å². The average molecular weight is 333 g/mol. The Bertz CT molecular complexity index is 306. The molecule has 7 heteroatoms. The van der Waals surface area contributed by atoms with Crippen molar-refractivity contribution in [1.82, 2.24) is 5.32 Å². The molecular formula is C15H25F6N. The van der Waals surface area contributed by atoms with Crippen molar-refractivity contribution >= 4 is 0 Å². The zero-order chi connectivity index (χ0) is 17.0. The van der Waals surface area contributed by atoms with Gasteiger partial charge in [0.05, 0.1) is 0 Å². The first-order valence-electron chi connectivity index (χ1n) is 7.80. The van der Waals surface area contributed by atoms with E-state index in [4.69, 9.17) is 0 Å². The molecule has 0 aliphatic heterocycles. The standard InChI is InChI=1S/C15H25F6N/c1-11(2)22-12-5-3-7-13(8-4-6-12,9-14(16,17)18)10-15(19,20)21/h11-12,22H,3-10H2,1-2H3. The number of hydrogen-bond acceptors (Lipinski definition) is 1. The van der Waals surface area contributed by atoms with Gasteiger partial charge in [-0.15, -0.1) is 0 Å². The predicted molar refractivity (Wildman–Crippen MR) is 73.5 cm³/mol. The van der Waals surface area contributed by atoms with Crippen molar-refractivity contribution in [2.45, 2.75) is 89.7 Å². The molecule has 0 bridgehead atoms. The van der Waals surface area contributed by atoms with Gasteiger partial charge in [-0.1, -0.05) is 26.7 Å². The lowest BCUT2D eigenvalue weighted by atomic mass is 9.70. The highest BCUT2D eigenvalue weighted by molar-refractivity contribution is 4.88. The Morgan fingerprint density at radius 3 is 1.64 bits per heavy atom. The summed E-state index contributed by atoms with van der Waals surface area (Å²) in [5.74, 6) is 0. The molecule has 1 N–H and O–H groups in total. The highest BCUT2D eigenvalue weighted by Crippen LogP contribution is 2.49. The van der Waals surface area contributed by atoms with E-state index in [0.717, 1.165) is 0 Å². The Kier molecular flexibility index (Phi) is 6.59. The molecule has 0 unspecified atom stereocenters. The van der Waals surface area contributed by atoms with Gasteiger partial charge in [-0.05, 0) is 31.1 Å². The summed E-state index contributed by atoms with van der Waals surface area (Å²) >= 11 is 0. The fraction of sp³-hybridized carbons (Fsp3) is 1.00. The molecule has 0 spiro atoms. The van der Waals surface area contributed by atoms with Crippen LogP contribution in [0.4, 0.5) is 26.3 Å². The zero-order valence-corrected chi connectivity index (χ0v) is 13.1.